The zero-order chi connectivity index (χ0) is 8.97. The Morgan fingerprint density at radius 1 is 1.15 bits per heavy atom. The average molecular weight is 389 g/mol. The van der Waals surface area contributed by atoms with Gasteiger partial charge in [-0.15, -0.1) is 6.04 Å². The molecule has 1 N–H and O–H groups in total. The van der Waals surface area contributed by atoms with Crippen LogP contribution in [0.25, 0.3) is 5.73 Å². The van der Waals surface area contributed by atoms with Crippen molar-refractivity contribution in [1.82, 2.24) is 0 Å². The molecule has 1 aromatic carbocycles. The van der Waals surface area contributed by atoms with Gasteiger partial charge in [0.1, 0.15) is 0 Å². The van der Waals surface area contributed by atoms with Gasteiger partial charge in [0.05, 0.1) is 0 Å². The summed E-state index contributed by atoms with van der Waals surface area (Å²) in [4.78, 5) is 0. The van der Waals surface area contributed by atoms with Crippen LogP contribution in [0.2, 0.25) is 0 Å². The monoisotopic (exact) mass is 389 g/mol. The smallest absolute Gasteiger partial charge is 0 e. The quantitative estimate of drug-likeness (QED) is 0.751. The van der Waals surface area contributed by atoms with Gasteiger partial charge in [-0.1, -0.05) is 56.2 Å². The van der Waals surface area contributed by atoms with Crippen molar-refractivity contribution in [2.75, 3.05) is 0 Å². The minimum atomic E-state index is -0.0498. The van der Waals surface area contributed by atoms with Crippen molar-refractivity contribution in [2.24, 2.45) is 5.92 Å². The molecule has 1 rings (SSSR count). The second-order valence-corrected chi connectivity index (χ2v) is 3.59. The van der Waals surface area contributed by atoms with Crippen LogP contribution in [-0.2, 0) is 0 Å². The van der Waals surface area contributed by atoms with E-state index < -0.39 is 0 Å². The predicted octanol–water partition coefficient (Wildman–Crippen LogP) is 3.83. The van der Waals surface area contributed by atoms with E-state index in [0.717, 1.165) is 12.0 Å². The van der Waals surface area contributed by atoms with E-state index in [1.54, 1.807) is 0 Å². The van der Waals surface area contributed by atoms with Crippen molar-refractivity contribution in [3.05, 3.63) is 41.6 Å². The third-order valence-electron chi connectivity index (χ3n) is 1.91. The van der Waals surface area contributed by atoms with Gasteiger partial charge in [-0.25, -0.2) is 0 Å². The van der Waals surface area contributed by atoms with Crippen LogP contribution in [0.3, 0.4) is 0 Å². The van der Waals surface area contributed by atoms with E-state index in [4.69, 9.17) is 5.73 Å². The molecule has 0 amide bonds. The molecule has 1 nitrogen and oxygen atoms in total. The van der Waals surface area contributed by atoms with Crippen LogP contribution < -0.4 is 0 Å². The topological polar surface area (TPSA) is 23.8 Å². The van der Waals surface area contributed by atoms with Crippen LogP contribution in [-0.4, -0.2) is 0 Å². The van der Waals surface area contributed by atoms with Crippen LogP contribution in [0.4, 0.5) is 0 Å². The number of hydrogen-bond donors (Lipinski definition) is 0. The molecule has 0 spiro atoms. The second-order valence-electron chi connectivity index (χ2n) is 3.59. The first kappa shape index (κ1) is 13.6. The van der Waals surface area contributed by atoms with Crippen molar-refractivity contribution in [3.63, 3.8) is 0 Å². The molecule has 0 saturated heterocycles. The summed E-state index contributed by atoms with van der Waals surface area (Å²) in [5.41, 5.74) is 8.97. The Morgan fingerprint density at radius 3 is 2.15 bits per heavy atom. The Balaban J connectivity index is 0.00000144. The van der Waals surface area contributed by atoms with Gasteiger partial charge in [-0.3, -0.25) is 0 Å². The number of rotatable bonds is 3. The summed E-state index contributed by atoms with van der Waals surface area (Å²) in [7, 11) is 0. The molecule has 0 aliphatic rings. The molecule has 2 heteroatoms. The van der Waals surface area contributed by atoms with E-state index in [2.05, 4.69) is 13.8 Å². The Labute approximate surface area is 117 Å². The minimum Gasteiger partial charge on any atom is -0.671 e. The fourth-order valence-electron chi connectivity index (χ4n) is 1.29. The molecule has 0 bridgehead atoms. The molecule has 69 valence electrons. The van der Waals surface area contributed by atoms with E-state index in [1.807, 2.05) is 30.3 Å². The van der Waals surface area contributed by atoms with Gasteiger partial charge in [0, 0.05) is 44.1 Å². The van der Waals surface area contributed by atoms with E-state index in [0.29, 0.717) is 5.92 Å². The van der Waals surface area contributed by atoms with E-state index in [9.17, 15) is 0 Å². The molecular weight excluding hydrogens is 373 g/mol. The molecule has 1 radical (unpaired) electrons. The molecular formula is C11H16AcN-. The Morgan fingerprint density at radius 2 is 1.69 bits per heavy atom. The Kier molecular flexibility index (Phi) is 7.32. The summed E-state index contributed by atoms with van der Waals surface area (Å²) >= 11 is 0. The summed E-state index contributed by atoms with van der Waals surface area (Å²) in [6.07, 6.45) is 0.948. The first-order chi connectivity index (χ1) is 5.70. The van der Waals surface area contributed by atoms with Gasteiger partial charge in [0.2, 0.25) is 0 Å². The SMILES string of the molecule is CC(C)CC([NH-])c1ccccc1.[Ac]. The number of nitrogens with one attached hydrogen (secondary N) is 1. The minimum absolute atomic E-state index is 0. The zero-order valence-corrected chi connectivity index (χ0v) is 13.1. The second kappa shape index (κ2) is 6.99. The molecule has 1 unspecified atom stereocenters. The summed E-state index contributed by atoms with van der Waals surface area (Å²) in [5.74, 6) is 0.604. The van der Waals surface area contributed by atoms with Gasteiger partial charge in [0.25, 0.3) is 0 Å². The molecule has 0 heterocycles. The van der Waals surface area contributed by atoms with Crippen LogP contribution >= 0.6 is 0 Å². The van der Waals surface area contributed by atoms with Crippen LogP contribution in [0.1, 0.15) is 31.9 Å². The summed E-state index contributed by atoms with van der Waals surface area (Å²) < 4.78 is 0. The van der Waals surface area contributed by atoms with Crippen LogP contribution in [0.15, 0.2) is 30.3 Å². The average Bonchev–Trinajstić information content (AvgIpc) is 2.05. The first-order valence-corrected chi connectivity index (χ1v) is 4.46. The molecule has 0 aliphatic carbocycles. The standard InChI is InChI=1S/C11H16N.Ac/c1-9(2)8-11(12)10-6-4-3-5-7-10;/h3-7,9,11-12H,8H2,1-2H3;/q-1;. The van der Waals surface area contributed by atoms with Crippen molar-refractivity contribution in [1.29, 1.82) is 0 Å². The van der Waals surface area contributed by atoms with Crippen LogP contribution in [0.5, 0.6) is 0 Å². The molecule has 0 aromatic heterocycles. The maximum atomic E-state index is 7.84. The van der Waals surface area contributed by atoms with Crippen molar-refractivity contribution < 1.29 is 44.1 Å². The van der Waals surface area contributed by atoms with Gasteiger partial charge in [-0.2, -0.15) is 0 Å². The number of hydrogen-bond acceptors (Lipinski definition) is 0. The first-order valence-electron chi connectivity index (χ1n) is 4.46. The van der Waals surface area contributed by atoms with Gasteiger partial charge < -0.3 is 5.73 Å². The molecule has 0 aliphatic heterocycles. The summed E-state index contributed by atoms with van der Waals surface area (Å²) in [6, 6.07) is 9.99. The number of benzene rings is 1. The summed E-state index contributed by atoms with van der Waals surface area (Å²) in [6.45, 7) is 4.31. The third kappa shape index (κ3) is 5.15. The Hall–Kier alpha value is 0.622. The fourth-order valence-corrected chi connectivity index (χ4v) is 1.29. The summed E-state index contributed by atoms with van der Waals surface area (Å²) in [5, 5.41) is 0. The van der Waals surface area contributed by atoms with E-state index in [1.165, 1.54) is 0 Å². The fraction of sp³-hybridized carbons (Fsp3) is 0.455. The van der Waals surface area contributed by atoms with Gasteiger partial charge in [0.15, 0.2) is 0 Å². The maximum absolute atomic E-state index is 7.84. The molecule has 1 aromatic rings. The van der Waals surface area contributed by atoms with Crippen LogP contribution in [0, 0.1) is 50.0 Å². The van der Waals surface area contributed by atoms with Gasteiger partial charge >= 0.3 is 0 Å². The van der Waals surface area contributed by atoms with E-state index in [-0.39, 0.29) is 50.1 Å². The Bertz CT molecular complexity index is 221. The van der Waals surface area contributed by atoms with E-state index >= 15 is 0 Å². The largest absolute Gasteiger partial charge is 0.671 e. The zero-order valence-electron chi connectivity index (χ0n) is 8.33. The molecule has 0 saturated carbocycles. The normalized spacial score (nSPS) is 12.3. The predicted molar refractivity (Wildman–Crippen MR) is 53.0 cm³/mol. The maximum Gasteiger partial charge on any atom is 0 e. The molecule has 1 atom stereocenters. The van der Waals surface area contributed by atoms with Crippen molar-refractivity contribution >= 4 is 0 Å². The van der Waals surface area contributed by atoms with Crippen molar-refractivity contribution in [2.45, 2.75) is 26.3 Å². The van der Waals surface area contributed by atoms with Crippen molar-refractivity contribution in [3.8, 4) is 0 Å². The third-order valence-corrected chi connectivity index (χ3v) is 1.91. The van der Waals surface area contributed by atoms with Gasteiger partial charge in [-0.05, 0) is 5.92 Å². The molecule has 0 fully saturated rings. The molecule has 13 heavy (non-hydrogen) atoms.